The SMILES string of the molecule is CCc1nnc2n1-c1ccc(Cl)cc1C(c1ccccn1)=NC2CCC(=O)OC. The van der Waals surface area contributed by atoms with Crippen molar-refractivity contribution in [3.63, 3.8) is 0 Å². The van der Waals surface area contributed by atoms with Crippen LogP contribution < -0.4 is 0 Å². The Balaban J connectivity index is 1.94. The Morgan fingerprint density at radius 2 is 2.10 bits per heavy atom. The number of aliphatic imine (C=N–C) groups is 1. The van der Waals surface area contributed by atoms with Crippen molar-refractivity contribution in [2.45, 2.75) is 32.2 Å². The Morgan fingerprint density at radius 1 is 1.24 bits per heavy atom. The predicted molar refractivity (Wildman–Crippen MR) is 110 cm³/mol. The van der Waals surface area contributed by atoms with Crippen LogP contribution in [0.3, 0.4) is 0 Å². The van der Waals surface area contributed by atoms with Crippen LogP contribution in [0.4, 0.5) is 0 Å². The van der Waals surface area contributed by atoms with Crippen LogP contribution >= 0.6 is 11.6 Å². The lowest BCUT2D eigenvalue weighted by molar-refractivity contribution is -0.140. The molecule has 0 spiro atoms. The first kappa shape index (κ1) is 19.3. The fourth-order valence-electron chi connectivity index (χ4n) is 3.47. The molecule has 1 aromatic carbocycles. The first-order valence-corrected chi connectivity index (χ1v) is 9.80. The summed E-state index contributed by atoms with van der Waals surface area (Å²) in [6, 6.07) is 11.0. The maximum atomic E-state index is 11.8. The van der Waals surface area contributed by atoms with Gasteiger partial charge in [0, 0.05) is 29.6 Å². The number of esters is 1. The van der Waals surface area contributed by atoms with Crippen LogP contribution in [0.5, 0.6) is 0 Å². The molecule has 7 nitrogen and oxygen atoms in total. The molecule has 1 aliphatic rings. The quantitative estimate of drug-likeness (QED) is 0.600. The van der Waals surface area contributed by atoms with Gasteiger partial charge in [-0.05, 0) is 36.8 Å². The fraction of sp³-hybridized carbons (Fsp3) is 0.286. The molecular formula is C21H20ClN5O2. The molecule has 1 aliphatic heterocycles. The molecule has 0 saturated carbocycles. The van der Waals surface area contributed by atoms with E-state index in [2.05, 4.69) is 15.2 Å². The fourth-order valence-corrected chi connectivity index (χ4v) is 3.64. The van der Waals surface area contributed by atoms with Crippen LogP contribution in [0.1, 0.15) is 48.7 Å². The number of hydrogen-bond donors (Lipinski definition) is 0. The van der Waals surface area contributed by atoms with Crippen molar-refractivity contribution in [2.75, 3.05) is 7.11 Å². The summed E-state index contributed by atoms with van der Waals surface area (Å²) in [6.45, 7) is 2.03. The van der Waals surface area contributed by atoms with Gasteiger partial charge < -0.3 is 4.74 Å². The zero-order valence-electron chi connectivity index (χ0n) is 16.2. The first-order chi connectivity index (χ1) is 14.1. The van der Waals surface area contributed by atoms with E-state index in [4.69, 9.17) is 21.3 Å². The molecular weight excluding hydrogens is 390 g/mol. The normalized spacial score (nSPS) is 15.1. The topological polar surface area (TPSA) is 82.3 Å². The molecule has 8 heteroatoms. The highest BCUT2D eigenvalue weighted by molar-refractivity contribution is 6.31. The number of aromatic nitrogens is 4. The van der Waals surface area contributed by atoms with Gasteiger partial charge in [-0.1, -0.05) is 24.6 Å². The Labute approximate surface area is 173 Å². The second-order valence-electron chi connectivity index (χ2n) is 6.65. The van der Waals surface area contributed by atoms with E-state index < -0.39 is 0 Å². The number of methoxy groups -OCH3 is 1. The summed E-state index contributed by atoms with van der Waals surface area (Å²) < 4.78 is 6.84. The third-order valence-corrected chi connectivity index (χ3v) is 5.10. The average molecular weight is 410 g/mol. The van der Waals surface area contributed by atoms with Crippen molar-refractivity contribution in [3.05, 3.63) is 70.5 Å². The second-order valence-corrected chi connectivity index (χ2v) is 7.08. The molecule has 4 rings (SSSR count). The van der Waals surface area contributed by atoms with Crippen molar-refractivity contribution in [3.8, 4) is 5.69 Å². The highest BCUT2D eigenvalue weighted by Crippen LogP contribution is 2.34. The Hall–Kier alpha value is -3.06. The van der Waals surface area contributed by atoms with Crippen LogP contribution in [0.2, 0.25) is 5.02 Å². The van der Waals surface area contributed by atoms with Crippen molar-refractivity contribution in [1.29, 1.82) is 0 Å². The van der Waals surface area contributed by atoms with Gasteiger partial charge in [-0.15, -0.1) is 10.2 Å². The lowest BCUT2D eigenvalue weighted by Crippen LogP contribution is -2.10. The van der Waals surface area contributed by atoms with E-state index in [9.17, 15) is 4.79 Å². The van der Waals surface area contributed by atoms with E-state index in [1.807, 2.05) is 47.9 Å². The van der Waals surface area contributed by atoms with E-state index in [1.54, 1.807) is 6.20 Å². The van der Waals surface area contributed by atoms with Gasteiger partial charge in [0.05, 0.1) is 24.2 Å². The molecule has 148 valence electrons. The number of rotatable bonds is 5. The van der Waals surface area contributed by atoms with E-state index in [1.165, 1.54) is 7.11 Å². The molecule has 3 heterocycles. The number of fused-ring (bicyclic) bond motifs is 3. The summed E-state index contributed by atoms with van der Waals surface area (Å²) in [7, 11) is 1.38. The summed E-state index contributed by atoms with van der Waals surface area (Å²) >= 11 is 6.34. The van der Waals surface area contributed by atoms with Gasteiger partial charge in [0.15, 0.2) is 5.82 Å². The lowest BCUT2D eigenvalue weighted by atomic mass is 10.0. The van der Waals surface area contributed by atoms with Gasteiger partial charge in [0.25, 0.3) is 0 Å². The molecule has 0 aliphatic carbocycles. The molecule has 0 radical (unpaired) electrons. The summed E-state index contributed by atoms with van der Waals surface area (Å²) in [5, 5.41) is 9.38. The zero-order valence-corrected chi connectivity index (χ0v) is 16.9. The van der Waals surface area contributed by atoms with Gasteiger partial charge in [0.2, 0.25) is 0 Å². The van der Waals surface area contributed by atoms with E-state index >= 15 is 0 Å². The van der Waals surface area contributed by atoms with Gasteiger partial charge in [-0.3, -0.25) is 19.3 Å². The van der Waals surface area contributed by atoms with E-state index in [-0.39, 0.29) is 18.4 Å². The molecule has 1 unspecified atom stereocenters. The average Bonchev–Trinajstić information content (AvgIpc) is 3.12. The number of hydrogen-bond acceptors (Lipinski definition) is 6. The van der Waals surface area contributed by atoms with Crippen molar-refractivity contribution in [1.82, 2.24) is 19.7 Å². The molecule has 3 aromatic rings. The van der Waals surface area contributed by atoms with Crippen molar-refractivity contribution >= 4 is 23.3 Å². The maximum absolute atomic E-state index is 11.8. The Morgan fingerprint density at radius 3 is 2.83 bits per heavy atom. The number of nitrogens with zero attached hydrogens (tertiary/aromatic N) is 5. The Kier molecular flexibility index (Phi) is 5.40. The number of aryl methyl sites for hydroxylation is 1. The van der Waals surface area contributed by atoms with Crippen LogP contribution in [0, 0.1) is 0 Å². The largest absolute Gasteiger partial charge is 0.469 e. The van der Waals surface area contributed by atoms with Gasteiger partial charge in [-0.25, -0.2) is 0 Å². The van der Waals surface area contributed by atoms with Crippen LogP contribution in [0.15, 0.2) is 47.6 Å². The minimum Gasteiger partial charge on any atom is -0.469 e. The van der Waals surface area contributed by atoms with Crippen molar-refractivity contribution in [2.24, 2.45) is 4.99 Å². The maximum Gasteiger partial charge on any atom is 0.305 e. The number of carbonyl (C=O) groups excluding carboxylic acids is 1. The summed E-state index contributed by atoms with van der Waals surface area (Å²) in [5.74, 6) is 1.23. The van der Waals surface area contributed by atoms with Crippen molar-refractivity contribution < 1.29 is 9.53 Å². The number of pyridine rings is 1. The molecule has 0 amide bonds. The van der Waals surface area contributed by atoms with Gasteiger partial charge >= 0.3 is 5.97 Å². The van der Waals surface area contributed by atoms with E-state index in [0.717, 1.165) is 22.8 Å². The molecule has 0 bridgehead atoms. The number of carbonyl (C=O) groups is 1. The minimum atomic E-state index is -0.370. The highest BCUT2D eigenvalue weighted by atomic mass is 35.5. The van der Waals surface area contributed by atoms with Gasteiger partial charge in [-0.2, -0.15) is 0 Å². The third kappa shape index (κ3) is 3.65. The van der Waals surface area contributed by atoms with Crippen LogP contribution in [-0.2, 0) is 16.0 Å². The monoisotopic (exact) mass is 409 g/mol. The summed E-state index contributed by atoms with van der Waals surface area (Å²) in [4.78, 5) is 21.3. The molecule has 29 heavy (non-hydrogen) atoms. The number of benzene rings is 1. The molecule has 1 atom stereocenters. The number of halogens is 1. The van der Waals surface area contributed by atoms with Gasteiger partial charge in [0.1, 0.15) is 11.9 Å². The molecule has 0 fully saturated rings. The summed E-state index contributed by atoms with van der Waals surface area (Å²) in [5.41, 5.74) is 3.20. The Bertz CT molecular complexity index is 1080. The number of ether oxygens (including phenoxy) is 1. The smallest absolute Gasteiger partial charge is 0.305 e. The van der Waals surface area contributed by atoms with Crippen LogP contribution in [-0.4, -0.2) is 38.5 Å². The molecule has 2 aromatic heterocycles. The highest BCUT2D eigenvalue weighted by Gasteiger charge is 2.29. The minimum absolute atomic E-state index is 0.228. The van der Waals surface area contributed by atoms with E-state index in [0.29, 0.717) is 29.4 Å². The predicted octanol–water partition coefficient (Wildman–Crippen LogP) is 3.72. The zero-order chi connectivity index (χ0) is 20.4. The molecule has 0 saturated heterocycles. The summed E-state index contributed by atoms with van der Waals surface area (Å²) in [6.07, 6.45) is 3.11. The first-order valence-electron chi connectivity index (χ1n) is 9.42. The lowest BCUT2D eigenvalue weighted by Gasteiger charge is -2.13. The third-order valence-electron chi connectivity index (χ3n) is 4.87. The van der Waals surface area contributed by atoms with Crippen LogP contribution in [0.25, 0.3) is 5.69 Å². The second kappa shape index (κ2) is 8.13. The standard InChI is InChI=1S/C21H20ClN5O2/c1-3-18-25-26-21-16(8-10-19(28)29-2)24-20(15-6-4-5-11-23-15)14-12-13(22)7-9-17(14)27(18)21/h4-7,9,11-12,16H,3,8,10H2,1-2H3. The molecule has 0 N–H and O–H groups in total.